The van der Waals surface area contributed by atoms with E-state index in [4.69, 9.17) is 11.6 Å². The van der Waals surface area contributed by atoms with Crippen molar-refractivity contribution in [3.05, 3.63) is 76.0 Å². The maximum Gasteiger partial charge on any atom is 0.319 e. The number of para-hydroxylation sites is 1. The van der Waals surface area contributed by atoms with Gasteiger partial charge in [0.05, 0.1) is 11.6 Å². The number of hydrogen-bond acceptors (Lipinski definition) is 2. The maximum atomic E-state index is 12.9. The lowest BCUT2D eigenvalue weighted by atomic mass is 9.94. The molecule has 25 heavy (non-hydrogen) atoms. The smallest absolute Gasteiger partial charge is 0.319 e. The Morgan fingerprint density at radius 2 is 1.88 bits per heavy atom. The Labute approximate surface area is 151 Å². The summed E-state index contributed by atoms with van der Waals surface area (Å²) in [5.41, 5.74) is 3.40. The van der Waals surface area contributed by atoms with E-state index in [0.717, 1.165) is 16.8 Å². The molecule has 0 fully saturated rings. The van der Waals surface area contributed by atoms with Crippen LogP contribution in [0.4, 0.5) is 10.5 Å². The van der Waals surface area contributed by atoms with Crippen LogP contribution in [0.5, 0.6) is 0 Å². The van der Waals surface area contributed by atoms with Crippen LogP contribution < -0.4 is 16.0 Å². The number of carbonyl (C=O) groups excluding carboxylic acids is 2. The Morgan fingerprint density at radius 1 is 1.12 bits per heavy atom. The minimum absolute atomic E-state index is 0.274. The summed E-state index contributed by atoms with van der Waals surface area (Å²) >= 11 is 6.07. The monoisotopic (exact) mass is 355 g/mol. The van der Waals surface area contributed by atoms with Crippen molar-refractivity contribution in [3.63, 3.8) is 0 Å². The number of urea groups is 1. The third-order valence-corrected chi connectivity index (χ3v) is 4.32. The van der Waals surface area contributed by atoms with E-state index in [-0.39, 0.29) is 11.9 Å². The second-order valence-electron chi connectivity index (χ2n) is 5.89. The van der Waals surface area contributed by atoms with Crippen LogP contribution in [0.15, 0.2) is 59.8 Å². The van der Waals surface area contributed by atoms with Gasteiger partial charge >= 0.3 is 6.03 Å². The molecule has 1 atom stereocenters. The number of carbonyl (C=O) groups is 2. The highest BCUT2D eigenvalue weighted by atomic mass is 35.5. The van der Waals surface area contributed by atoms with Crippen LogP contribution in [0, 0.1) is 6.92 Å². The SMILES string of the molecule is CC1=C(C(=O)Nc2ccccc2C)[C@@H](c2cccc(Cl)c2)NC(=O)N1. The van der Waals surface area contributed by atoms with Gasteiger partial charge in [-0.25, -0.2) is 4.79 Å². The van der Waals surface area contributed by atoms with Crippen molar-refractivity contribution in [2.75, 3.05) is 5.32 Å². The summed E-state index contributed by atoms with van der Waals surface area (Å²) in [5, 5.41) is 8.92. The molecule has 5 nitrogen and oxygen atoms in total. The standard InChI is InChI=1S/C19H18ClN3O2/c1-11-6-3-4-9-15(11)22-18(24)16-12(2)21-19(25)23-17(16)13-7-5-8-14(20)10-13/h3-10,17H,1-2H3,(H,22,24)(H2,21,23,25)/t17-/m1/s1. The molecule has 0 radical (unpaired) electrons. The predicted octanol–water partition coefficient (Wildman–Crippen LogP) is 3.92. The first-order valence-electron chi connectivity index (χ1n) is 7.86. The Morgan fingerprint density at radius 3 is 2.60 bits per heavy atom. The number of halogens is 1. The molecule has 3 rings (SSSR count). The lowest BCUT2D eigenvalue weighted by Gasteiger charge is -2.29. The second-order valence-corrected chi connectivity index (χ2v) is 6.33. The van der Waals surface area contributed by atoms with Crippen LogP contribution in [-0.4, -0.2) is 11.9 Å². The number of allylic oxidation sites excluding steroid dienone is 1. The fraction of sp³-hybridized carbons (Fsp3) is 0.158. The molecule has 0 unspecified atom stereocenters. The van der Waals surface area contributed by atoms with Crippen molar-refractivity contribution in [2.45, 2.75) is 19.9 Å². The highest BCUT2D eigenvalue weighted by molar-refractivity contribution is 6.30. The van der Waals surface area contributed by atoms with Crippen LogP contribution in [0.25, 0.3) is 0 Å². The molecule has 0 spiro atoms. The lowest BCUT2D eigenvalue weighted by Crippen LogP contribution is -2.46. The molecule has 3 amide bonds. The Kier molecular flexibility index (Phi) is 4.76. The molecule has 6 heteroatoms. The van der Waals surface area contributed by atoms with E-state index in [1.54, 1.807) is 25.1 Å². The highest BCUT2D eigenvalue weighted by Crippen LogP contribution is 2.29. The minimum Gasteiger partial charge on any atom is -0.327 e. The highest BCUT2D eigenvalue weighted by Gasteiger charge is 2.31. The first-order chi connectivity index (χ1) is 12.0. The van der Waals surface area contributed by atoms with Crippen LogP contribution in [-0.2, 0) is 4.79 Å². The number of aryl methyl sites for hydroxylation is 1. The van der Waals surface area contributed by atoms with Crippen LogP contribution >= 0.6 is 11.6 Å². The predicted molar refractivity (Wildman–Crippen MR) is 98.4 cm³/mol. The van der Waals surface area contributed by atoms with E-state index < -0.39 is 6.04 Å². The van der Waals surface area contributed by atoms with Gasteiger partial charge in [0.2, 0.25) is 0 Å². The molecule has 1 aliphatic heterocycles. The number of anilines is 1. The normalized spacial score (nSPS) is 16.9. The van der Waals surface area contributed by atoms with Gasteiger partial charge in [-0.15, -0.1) is 0 Å². The Bertz CT molecular complexity index is 876. The van der Waals surface area contributed by atoms with Crippen molar-refractivity contribution in [1.29, 1.82) is 0 Å². The fourth-order valence-electron chi connectivity index (χ4n) is 2.83. The van der Waals surface area contributed by atoms with E-state index in [9.17, 15) is 9.59 Å². The van der Waals surface area contributed by atoms with E-state index in [0.29, 0.717) is 16.3 Å². The molecule has 1 heterocycles. The zero-order valence-electron chi connectivity index (χ0n) is 13.9. The average molecular weight is 356 g/mol. The van der Waals surface area contributed by atoms with Crippen LogP contribution in [0.2, 0.25) is 5.02 Å². The molecule has 0 aromatic heterocycles. The average Bonchev–Trinajstić information content (AvgIpc) is 2.56. The summed E-state index contributed by atoms with van der Waals surface area (Å²) in [6, 6.07) is 13.7. The largest absolute Gasteiger partial charge is 0.327 e. The molecule has 2 aromatic rings. The summed E-state index contributed by atoms with van der Waals surface area (Å²) < 4.78 is 0. The van der Waals surface area contributed by atoms with Gasteiger partial charge in [-0.05, 0) is 43.2 Å². The number of hydrogen-bond donors (Lipinski definition) is 3. The number of nitrogens with one attached hydrogen (secondary N) is 3. The quantitative estimate of drug-likeness (QED) is 0.781. The second kappa shape index (κ2) is 6.99. The van der Waals surface area contributed by atoms with Crippen molar-refractivity contribution >= 4 is 29.2 Å². The first kappa shape index (κ1) is 17.0. The van der Waals surface area contributed by atoms with Crippen molar-refractivity contribution in [3.8, 4) is 0 Å². The third-order valence-electron chi connectivity index (χ3n) is 4.09. The Hall–Kier alpha value is -2.79. The molecule has 0 aliphatic carbocycles. The molecule has 0 saturated carbocycles. The number of benzene rings is 2. The van der Waals surface area contributed by atoms with Crippen molar-refractivity contribution in [1.82, 2.24) is 10.6 Å². The van der Waals surface area contributed by atoms with Crippen molar-refractivity contribution < 1.29 is 9.59 Å². The van der Waals surface area contributed by atoms with Gasteiger partial charge in [0.15, 0.2) is 0 Å². The topological polar surface area (TPSA) is 70.2 Å². The summed E-state index contributed by atoms with van der Waals surface area (Å²) in [5.74, 6) is -0.274. The van der Waals surface area contributed by atoms with E-state index in [1.807, 2.05) is 37.3 Å². The number of rotatable bonds is 3. The van der Waals surface area contributed by atoms with Gasteiger partial charge in [0.1, 0.15) is 0 Å². The summed E-state index contributed by atoms with van der Waals surface area (Å²) in [4.78, 5) is 24.8. The molecule has 128 valence electrons. The molecule has 0 bridgehead atoms. The van der Waals surface area contributed by atoms with E-state index >= 15 is 0 Å². The molecule has 3 N–H and O–H groups in total. The van der Waals surface area contributed by atoms with Gasteiger partial charge < -0.3 is 16.0 Å². The van der Waals surface area contributed by atoms with Gasteiger partial charge in [-0.3, -0.25) is 4.79 Å². The first-order valence-corrected chi connectivity index (χ1v) is 8.24. The summed E-state index contributed by atoms with van der Waals surface area (Å²) in [6.45, 7) is 3.63. The zero-order valence-corrected chi connectivity index (χ0v) is 14.6. The fourth-order valence-corrected chi connectivity index (χ4v) is 3.03. The molecular formula is C19H18ClN3O2. The minimum atomic E-state index is -0.573. The van der Waals surface area contributed by atoms with Crippen molar-refractivity contribution in [2.24, 2.45) is 0 Å². The Balaban J connectivity index is 1.97. The molecule has 1 aliphatic rings. The number of amides is 3. The van der Waals surface area contributed by atoms with Gasteiger partial charge in [-0.2, -0.15) is 0 Å². The van der Waals surface area contributed by atoms with Crippen LogP contribution in [0.1, 0.15) is 24.1 Å². The van der Waals surface area contributed by atoms with Gasteiger partial charge in [-0.1, -0.05) is 41.9 Å². The van der Waals surface area contributed by atoms with Crippen LogP contribution in [0.3, 0.4) is 0 Å². The van der Waals surface area contributed by atoms with Gasteiger partial charge in [0.25, 0.3) is 5.91 Å². The molecule has 0 saturated heterocycles. The maximum absolute atomic E-state index is 12.9. The van der Waals surface area contributed by atoms with E-state index in [1.165, 1.54) is 0 Å². The van der Waals surface area contributed by atoms with Gasteiger partial charge in [0, 0.05) is 16.4 Å². The molecular weight excluding hydrogens is 338 g/mol. The van der Waals surface area contributed by atoms with E-state index in [2.05, 4.69) is 16.0 Å². The summed E-state index contributed by atoms with van der Waals surface area (Å²) in [6.07, 6.45) is 0. The third kappa shape index (κ3) is 3.67. The summed E-state index contributed by atoms with van der Waals surface area (Å²) in [7, 11) is 0. The lowest BCUT2D eigenvalue weighted by molar-refractivity contribution is -0.113. The zero-order chi connectivity index (χ0) is 18.0. The molecule has 2 aromatic carbocycles.